The molecule has 214 valence electrons. The van der Waals surface area contributed by atoms with Crippen molar-refractivity contribution in [3.8, 4) is 28.5 Å². The van der Waals surface area contributed by atoms with E-state index in [4.69, 9.17) is 9.97 Å². The van der Waals surface area contributed by atoms with Gasteiger partial charge in [-0.05, 0) is 34.4 Å². The van der Waals surface area contributed by atoms with E-state index in [1.54, 1.807) is 0 Å². The summed E-state index contributed by atoms with van der Waals surface area (Å²) >= 11 is 1.88. The van der Waals surface area contributed by atoms with Crippen LogP contribution in [0.5, 0.6) is 0 Å². The topological polar surface area (TPSA) is 30.7 Å². The Bertz CT molecular complexity index is 2740. The molecule has 10 rings (SSSR count). The number of benzene rings is 7. The third-order valence-corrected chi connectivity index (χ3v) is 10.4. The molecule has 0 spiro atoms. The second-order valence-corrected chi connectivity index (χ2v) is 12.8. The van der Waals surface area contributed by atoms with Gasteiger partial charge in [-0.1, -0.05) is 133 Å². The Labute approximate surface area is 268 Å². The summed E-state index contributed by atoms with van der Waals surface area (Å²) in [5.41, 5.74) is 6.16. The predicted molar refractivity (Wildman–Crippen MR) is 195 cm³/mol. The van der Waals surface area contributed by atoms with Gasteiger partial charge in [-0.3, -0.25) is 4.57 Å². The fourth-order valence-corrected chi connectivity index (χ4v) is 8.46. The molecular weight excluding hydrogens is 579 g/mol. The van der Waals surface area contributed by atoms with Crippen molar-refractivity contribution in [1.29, 1.82) is 0 Å². The minimum atomic E-state index is 0.668. The van der Waals surface area contributed by atoms with Gasteiger partial charge in [0.25, 0.3) is 0 Å². The lowest BCUT2D eigenvalue weighted by molar-refractivity contribution is 0.998. The fourth-order valence-electron chi connectivity index (χ4n) is 7.19. The quantitative estimate of drug-likeness (QED) is 0.201. The summed E-state index contributed by atoms with van der Waals surface area (Å²) in [5, 5.41) is 10.0. The third-order valence-electron chi connectivity index (χ3n) is 9.19. The lowest BCUT2D eigenvalue weighted by Gasteiger charge is -2.13. The average Bonchev–Trinajstić information content (AvgIpc) is 3.69. The zero-order valence-corrected chi connectivity index (χ0v) is 25.5. The Kier molecular flexibility index (Phi) is 5.45. The molecule has 0 saturated carbocycles. The van der Waals surface area contributed by atoms with Crippen molar-refractivity contribution in [2.45, 2.75) is 0 Å². The van der Waals surface area contributed by atoms with Gasteiger partial charge in [-0.15, -0.1) is 11.3 Å². The van der Waals surface area contributed by atoms with Crippen LogP contribution < -0.4 is 0 Å². The molecule has 0 atom stereocenters. The lowest BCUT2D eigenvalue weighted by atomic mass is 9.98. The van der Waals surface area contributed by atoms with E-state index in [0.717, 1.165) is 33.5 Å². The Morgan fingerprint density at radius 2 is 1.04 bits per heavy atom. The summed E-state index contributed by atoms with van der Waals surface area (Å²) in [7, 11) is 0. The Morgan fingerprint density at radius 1 is 0.457 bits per heavy atom. The van der Waals surface area contributed by atoms with E-state index in [2.05, 4.69) is 144 Å². The van der Waals surface area contributed by atoms with Gasteiger partial charge >= 0.3 is 0 Å². The summed E-state index contributed by atoms with van der Waals surface area (Å²) in [6.07, 6.45) is 0. The molecule has 0 aliphatic carbocycles. The van der Waals surface area contributed by atoms with Crippen molar-refractivity contribution in [3.05, 3.63) is 152 Å². The van der Waals surface area contributed by atoms with E-state index < -0.39 is 0 Å². The molecule has 0 fully saturated rings. The van der Waals surface area contributed by atoms with E-state index in [9.17, 15) is 0 Å². The molecule has 3 nitrogen and oxygen atoms in total. The number of rotatable bonds is 3. The smallest absolute Gasteiger partial charge is 0.235 e. The second-order valence-electron chi connectivity index (χ2n) is 11.8. The van der Waals surface area contributed by atoms with Crippen LogP contribution in [0, 0.1) is 0 Å². The molecule has 0 aliphatic heterocycles. The van der Waals surface area contributed by atoms with Gasteiger partial charge in [0.05, 0.1) is 22.4 Å². The third kappa shape index (κ3) is 3.65. The van der Waals surface area contributed by atoms with Gasteiger partial charge in [-0.2, -0.15) is 0 Å². The average molecular weight is 604 g/mol. The minimum absolute atomic E-state index is 0.668. The summed E-state index contributed by atoms with van der Waals surface area (Å²) in [4.78, 5) is 10.7. The number of hydrogen-bond donors (Lipinski definition) is 0. The maximum atomic E-state index is 5.34. The Morgan fingerprint density at radius 3 is 1.76 bits per heavy atom. The van der Waals surface area contributed by atoms with Crippen LogP contribution in [0.3, 0.4) is 0 Å². The first-order valence-electron chi connectivity index (χ1n) is 15.5. The molecule has 0 radical (unpaired) electrons. The summed E-state index contributed by atoms with van der Waals surface area (Å²) < 4.78 is 4.92. The van der Waals surface area contributed by atoms with E-state index >= 15 is 0 Å². The van der Waals surface area contributed by atoms with Crippen molar-refractivity contribution in [3.63, 3.8) is 0 Å². The molecule has 0 unspecified atom stereocenters. The standard InChI is InChI=1S/C42H25N3S/c1-3-14-27(15-4-1)33-25-34(28-16-5-2-6-17-28)44-42(43-33)45-35-24-23-26-13-7-8-18-29(26)38(35)39-40(45)31-20-10-9-19-30(31)37-32-21-11-12-22-36(32)46-41(37)39/h1-25H. The predicted octanol–water partition coefficient (Wildman–Crippen LogP) is 11.6. The van der Waals surface area contributed by atoms with Crippen LogP contribution in [-0.2, 0) is 0 Å². The van der Waals surface area contributed by atoms with Crippen molar-refractivity contribution in [2.75, 3.05) is 0 Å². The summed E-state index contributed by atoms with van der Waals surface area (Å²) in [6, 6.07) is 53.8. The van der Waals surface area contributed by atoms with Crippen LogP contribution in [0.1, 0.15) is 0 Å². The molecule has 7 aromatic carbocycles. The van der Waals surface area contributed by atoms with Gasteiger partial charge in [0.2, 0.25) is 5.95 Å². The van der Waals surface area contributed by atoms with Crippen molar-refractivity contribution in [2.24, 2.45) is 0 Å². The highest BCUT2D eigenvalue weighted by Gasteiger charge is 2.24. The first-order chi connectivity index (χ1) is 22.8. The van der Waals surface area contributed by atoms with Gasteiger partial charge < -0.3 is 0 Å². The second kappa shape index (κ2) is 9.83. The monoisotopic (exact) mass is 603 g/mol. The van der Waals surface area contributed by atoms with Gasteiger partial charge in [0.1, 0.15) is 0 Å². The fraction of sp³-hybridized carbons (Fsp3) is 0. The lowest BCUT2D eigenvalue weighted by Crippen LogP contribution is -2.04. The molecule has 0 bridgehead atoms. The largest absolute Gasteiger partial charge is 0.277 e. The maximum Gasteiger partial charge on any atom is 0.235 e. The number of aromatic nitrogens is 3. The molecule has 0 aliphatic rings. The molecule has 3 aromatic heterocycles. The van der Waals surface area contributed by atoms with Crippen LogP contribution in [-0.4, -0.2) is 14.5 Å². The number of thiophene rings is 1. The molecule has 0 saturated heterocycles. The molecular formula is C42H25N3S. The van der Waals surface area contributed by atoms with Crippen LogP contribution in [0.25, 0.3) is 92.0 Å². The van der Waals surface area contributed by atoms with Gasteiger partial charge in [0.15, 0.2) is 0 Å². The van der Waals surface area contributed by atoms with Gasteiger partial charge in [-0.25, -0.2) is 9.97 Å². The van der Waals surface area contributed by atoms with Crippen LogP contribution in [0.4, 0.5) is 0 Å². The first kappa shape index (κ1) is 25.5. The normalized spacial score (nSPS) is 11.9. The maximum absolute atomic E-state index is 5.34. The van der Waals surface area contributed by atoms with Crippen LogP contribution >= 0.6 is 11.3 Å². The van der Waals surface area contributed by atoms with E-state index in [-0.39, 0.29) is 0 Å². The first-order valence-corrected chi connectivity index (χ1v) is 16.3. The number of hydrogen-bond acceptors (Lipinski definition) is 3. The number of fused-ring (bicyclic) bond motifs is 12. The van der Waals surface area contributed by atoms with Crippen molar-refractivity contribution >= 4 is 74.9 Å². The number of nitrogens with zero attached hydrogens (tertiary/aromatic N) is 3. The zero-order valence-electron chi connectivity index (χ0n) is 24.7. The zero-order chi connectivity index (χ0) is 30.2. The molecule has 4 heteroatoms. The summed E-state index contributed by atoms with van der Waals surface area (Å²) in [6.45, 7) is 0. The Hall–Kier alpha value is -5.84. The molecule has 3 heterocycles. The summed E-state index contributed by atoms with van der Waals surface area (Å²) in [5.74, 6) is 0.668. The minimum Gasteiger partial charge on any atom is -0.277 e. The molecule has 0 N–H and O–H groups in total. The van der Waals surface area contributed by atoms with Crippen molar-refractivity contribution in [1.82, 2.24) is 14.5 Å². The van der Waals surface area contributed by atoms with Gasteiger partial charge in [0, 0.05) is 47.5 Å². The van der Waals surface area contributed by atoms with Crippen molar-refractivity contribution < 1.29 is 0 Å². The van der Waals surface area contributed by atoms with E-state index in [1.165, 1.54) is 52.5 Å². The molecule has 10 aromatic rings. The van der Waals surface area contributed by atoms with E-state index in [0.29, 0.717) is 5.95 Å². The molecule has 0 amide bonds. The highest BCUT2D eigenvalue weighted by Crippen LogP contribution is 2.49. The SMILES string of the molecule is c1ccc(-c2cc(-c3ccccc3)nc(-n3c4ccc5ccccc5c4c4c5sc6ccccc6c5c5ccccc5c43)n2)cc1. The van der Waals surface area contributed by atoms with Crippen LogP contribution in [0.2, 0.25) is 0 Å². The molecule has 46 heavy (non-hydrogen) atoms. The Balaban J connectivity index is 1.46. The highest BCUT2D eigenvalue weighted by atomic mass is 32.1. The van der Waals surface area contributed by atoms with E-state index in [1.807, 2.05) is 23.5 Å². The van der Waals surface area contributed by atoms with Crippen LogP contribution in [0.15, 0.2) is 152 Å². The highest BCUT2D eigenvalue weighted by molar-refractivity contribution is 7.27.